The van der Waals surface area contributed by atoms with Crippen molar-refractivity contribution in [1.29, 1.82) is 0 Å². The van der Waals surface area contributed by atoms with Crippen LogP contribution in [0.1, 0.15) is 18.6 Å². The van der Waals surface area contributed by atoms with E-state index in [0.717, 1.165) is 6.42 Å². The Morgan fingerprint density at radius 1 is 1.28 bits per heavy atom. The fourth-order valence-electron chi connectivity index (χ4n) is 2.86. The highest BCUT2D eigenvalue weighted by Gasteiger charge is 2.34. The second-order valence-corrected chi connectivity index (χ2v) is 5.81. The average Bonchev–Trinajstić information content (AvgIpc) is 3.32. The molecule has 0 radical (unpaired) electrons. The molecule has 7 heteroatoms. The van der Waals surface area contributed by atoms with Gasteiger partial charge in [0, 0.05) is 12.2 Å². The number of nitrogens with one attached hydrogen (secondary N) is 2. The van der Waals surface area contributed by atoms with Gasteiger partial charge in [0.2, 0.25) is 5.91 Å². The maximum atomic E-state index is 12.5. The van der Waals surface area contributed by atoms with E-state index < -0.39 is 6.04 Å². The Bertz CT molecular complexity index is 712. The minimum absolute atomic E-state index is 0.168. The molecule has 0 aliphatic carbocycles. The lowest BCUT2D eigenvalue weighted by Gasteiger charge is -2.24. The van der Waals surface area contributed by atoms with Crippen LogP contribution < -0.4 is 15.4 Å². The van der Waals surface area contributed by atoms with Gasteiger partial charge in [-0.15, -0.1) is 0 Å². The van der Waals surface area contributed by atoms with Crippen molar-refractivity contribution in [3.05, 3.63) is 48.4 Å². The van der Waals surface area contributed by atoms with E-state index in [9.17, 15) is 9.59 Å². The number of hydrogen-bond donors (Lipinski definition) is 2. The van der Waals surface area contributed by atoms with Crippen molar-refractivity contribution < 1.29 is 18.7 Å². The molecule has 2 N–H and O–H groups in total. The number of furan rings is 1. The lowest BCUT2D eigenvalue weighted by molar-refractivity contribution is -0.124. The fraction of sp³-hybridized carbons (Fsp3) is 0.333. The normalized spacial score (nSPS) is 16.5. The van der Waals surface area contributed by atoms with E-state index in [1.807, 2.05) is 0 Å². The molecule has 0 saturated carbocycles. The van der Waals surface area contributed by atoms with Crippen LogP contribution in [0.15, 0.2) is 47.1 Å². The second-order valence-electron chi connectivity index (χ2n) is 5.81. The first-order chi connectivity index (χ1) is 12.2. The summed E-state index contributed by atoms with van der Waals surface area (Å²) in [6.07, 6.45) is 3.01. The molecule has 0 unspecified atom stereocenters. The van der Waals surface area contributed by atoms with Gasteiger partial charge in [-0.3, -0.25) is 4.79 Å². The molecule has 3 rings (SSSR count). The Balaban J connectivity index is 1.57. The number of anilines is 1. The third kappa shape index (κ3) is 4.12. The molecule has 25 heavy (non-hydrogen) atoms. The van der Waals surface area contributed by atoms with Gasteiger partial charge in [-0.2, -0.15) is 0 Å². The monoisotopic (exact) mass is 343 g/mol. The Morgan fingerprint density at radius 2 is 2.08 bits per heavy atom. The van der Waals surface area contributed by atoms with Crippen LogP contribution in [0.4, 0.5) is 10.5 Å². The topological polar surface area (TPSA) is 83.8 Å². The second kappa shape index (κ2) is 7.74. The molecule has 132 valence electrons. The van der Waals surface area contributed by atoms with Crippen molar-refractivity contribution in [2.45, 2.75) is 25.4 Å². The van der Waals surface area contributed by atoms with E-state index in [0.29, 0.717) is 36.7 Å². The first kappa shape index (κ1) is 16.9. The molecule has 1 aromatic heterocycles. The van der Waals surface area contributed by atoms with Crippen LogP contribution in [-0.2, 0) is 11.3 Å². The van der Waals surface area contributed by atoms with E-state index >= 15 is 0 Å². The fourth-order valence-corrected chi connectivity index (χ4v) is 2.86. The van der Waals surface area contributed by atoms with E-state index in [2.05, 4.69) is 10.6 Å². The van der Waals surface area contributed by atoms with Gasteiger partial charge in [-0.25, -0.2) is 4.79 Å². The molecule has 7 nitrogen and oxygen atoms in total. The number of hydrogen-bond acceptors (Lipinski definition) is 4. The van der Waals surface area contributed by atoms with E-state index in [1.54, 1.807) is 54.7 Å². The van der Waals surface area contributed by atoms with Crippen molar-refractivity contribution in [3.8, 4) is 5.75 Å². The highest BCUT2D eigenvalue weighted by atomic mass is 16.5. The number of likely N-dealkylation sites (tertiary alicyclic amines) is 1. The van der Waals surface area contributed by atoms with E-state index in [1.165, 1.54) is 0 Å². The number of benzene rings is 1. The number of urea groups is 1. The van der Waals surface area contributed by atoms with Gasteiger partial charge in [0.15, 0.2) is 0 Å². The average molecular weight is 343 g/mol. The van der Waals surface area contributed by atoms with Crippen LogP contribution in [0.2, 0.25) is 0 Å². The number of carbonyl (C=O) groups is 2. The van der Waals surface area contributed by atoms with Crippen molar-refractivity contribution in [1.82, 2.24) is 10.2 Å². The third-order valence-electron chi connectivity index (χ3n) is 4.17. The highest BCUT2D eigenvalue weighted by molar-refractivity contribution is 5.94. The van der Waals surface area contributed by atoms with Crippen molar-refractivity contribution in [2.24, 2.45) is 0 Å². The molecule has 1 atom stereocenters. The maximum absolute atomic E-state index is 12.5. The number of methoxy groups -OCH3 is 1. The van der Waals surface area contributed by atoms with Gasteiger partial charge < -0.3 is 24.7 Å². The summed E-state index contributed by atoms with van der Waals surface area (Å²) in [6, 6.07) is 9.89. The first-order valence-electron chi connectivity index (χ1n) is 8.19. The molecule has 1 fully saturated rings. The predicted octanol–water partition coefficient (Wildman–Crippen LogP) is 2.60. The minimum atomic E-state index is -0.465. The van der Waals surface area contributed by atoms with Crippen LogP contribution in [-0.4, -0.2) is 36.5 Å². The lowest BCUT2D eigenvalue weighted by Crippen LogP contribution is -2.47. The van der Waals surface area contributed by atoms with Gasteiger partial charge in [0.25, 0.3) is 0 Å². The van der Waals surface area contributed by atoms with Crippen LogP contribution in [0.3, 0.4) is 0 Å². The van der Waals surface area contributed by atoms with Gasteiger partial charge in [0.1, 0.15) is 17.6 Å². The number of rotatable bonds is 5. The summed E-state index contributed by atoms with van der Waals surface area (Å²) < 4.78 is 10.3. The number of ether oxygens (including phenoxy) is 1. The van der Waals surface area contributed by atoms with Crippen molar-refractivity contribution in [3.63, 3.8) is 0 Å². The molecule has 1 saturated heterocycles. The number of amides is 3. The Labute approximate surface area is 145 Å². The molecule has 2 heterocycles. The highest BCUT2D eigenvalue weighted by Crippen LogP contribution is 2.20. The summed E-state index contributed by atoms with van der Waals surface area (Å²) in [7, 11) is 1.59. The Kier molecular flexibility index (Phi) is 5.23. The molecule has 2 aromatic rings. The summed E-state index contributed by atoms with van der Waals surface area (Å²) in [5, 5.41) is 5.64. The molecular weight excluding hydrogens is 322 g/mol. The molecule has 3 amide bonds. The van der Waals surface area contributed by atoms with Gasteiger partial charge in [0.05, 0.1) is 19.9 Å². The zero-order chi connectivity index (χ0) is 17.6. The molecule has 0 bridgehead atoms. The zero-order valence-corrected chi connectivity index (χ0v) is 14.0. The first-order valence-corrected chi connectivity index (χ1v) is 8.19. The molecule has 1 aromatic carbocycles. The summed E-state index contributed by atoms with van der Waals surface area (Å²) in [5.74, 6) is 1.23. The number of nitrogens with zero attached hydrogens (tertiary/aromatic N) is 1. The van der Waals surface area contributed by atoms with Crippen molar-refractivity contribution in [2.75, 3.05) is 19.0 Å². The Morgan fingerprint density at radius 3 is 2.76 bits per heavy atom. The van der Waals surface area contributed by atoms with Crippen molar-refractivity contribution >= 4 is 17.6 Å². The maximum Gasteiger partial charge on any atom is 0.322 e. The standard InChI is InChI=1S/C18H21N3O4/c1-24-14-8-6-13(7-9-14)20-18(23)21-10-2-5-16(21)17(22)19-12-15-4-3-11-25-15/h3-4,6-9,11,16H,2,5,10,12H2,1H3,(H,19,22)(H,20,23)/t16-/m0/s1. The lowest BCUT2D eigenvalue weighted by atomic mass is 10.2. The summed E-state index contributed by atoms with van der Waals surface area (Å²) >= 11 is 0. The smallest absolute Gasteiger partial charge is 0.322 e. The number of carbonyl (C=O) groups excluding carboxylic acids is 2. The largest absolute Gasteiger partial charge is 0.497 e. The quantitative estimate of drug-likeness (QED) is 0.874. The van der Waals surface area contributed by atoms with Gasteiger partial charge in [-0.1, -0.05) is 0 Å². The predicted molar refractivity (Wildman–Crippen MR) is 92.3 cm³/mol. The van der Waals surface area contributed by atoms with E-state index in [-0.39, 0.29) is 11.9 Å². The molecule has 0 spiro atoms. The summed E-state index contributed by atoms with van der Waals surface area (Å²) in [5.41, 5.74) is 0.660. The third-order valence-corrected chi connectivity index (χ3v) is 4.17. The van der Waals surface area contributed by atoms with Crippen LogP contribution in [0.25, 0.3) is 0 Å². The van der Waals surface area contributed by atoms with Crippen LogP contribution in [0, 0.1) is 0 Å². The molecular formula is C18H21N3O4. The van der Waals surface area contributed by atoms with Crippen LogP contribution >= 0.6 is 0 Å². The van der Waals surface area contributed by atoms with E-state index in [4.69, 9.17) is 9.15 Å². The van der Waals surface area contributed by atoms with Gasteiger partial charge >= 0.3 is 6.03 Å². The van der Waals surface area contributed by atoms with Crippen LogP contribution in [0.5, 0.6) is 5.75 Å². The SMILES string of the molecule is COc1ccc(NC(=O)N2CCC[C@H]2C(=O)NCc2ccco2)cc1. The zero-order valence-electron chi connectivity index (χ0n) is 14.0. The summed E-state index contributed by atoms with van der Waals surface area (Å²) in [6.45, 7) is 0.872. The van der Waals surface area contributed by atoms with Gasteiger partial charge in [-0.05, 0) is 49.2 Å². The molecule has 1 aliphatic heterocycles. The molecule has 1 aliphatic rings. The summed E-state index contributed by atoms with van der Waals surface area (Å²) in [4.78, 5) is 26.5. The minimum Gasteiger partial charge on any atom is -0.497 e. The Hall–Kier alpha value is -2.96.